The number of carbonyl (C=O) groups excluding carboxylic acids is 1. The molecule has 24 heavy (non-hydrogen) atoms. The van der Waals surface area contributed by atoms with Crippen LogP contribution in [0.3, 0.4) is 0 Å². The quantitative estimate of drug-likeness (QED) is 0.476. The van der Waals surface area contributed by atoms with Gasteiger partial charge in [-0.15, -0.1) is 0 Å². The first-order valence-corrected chi connectivity index (χ1v) is 7.74. The summed E-state index contributed by atoms with van der Waals surface area (Å²) in [4.78, 5) is 16.1. The van der Waals surface area contributed by atoms with E-state index in [0.29, 0.717) is 20.9 Å². The predicted molar refractivity (Wildman–Crippen MR) is 94.3 cm³/mol. The summed E-state index contributed by atoms with van der Waals surface area (Å²) in [6, 6.07) is 11.3. The average Bonchev–Trinajstić information content (AvgIpc) is 2.57. The van der Waals surface area contributed by atoms with Gasteiger partial charge in [-0.05, 0) is 36.4 Å². The fourth-order valence-electron chi connectivity index (χ4n) is 2.21. The number of phenolic OH excluding ortho intramolecular Hbond substituents is 2. The van der Waals surface area contributed by atoms with Gasteiger partial charge in [0.05, 0.1) is 11.8 Å². The van der Waals surface area contributed by atoms with E-state index in [1.165, 1.54) is 24.4 Å². The predicted octanol–water partition coefficient (Wildman–Crippen LogP) is 3.17. The number of fused-ring (bicyclic) bond motifs is 1. The second-order valence-corrected chi connectivity index (χ2v) is 5.85. The third-order valence-electron chi connectivity index (χ3n) is 3.36. The normalized spacial score (nSPS) is 11.0. The Morgan fingerprint density at radius 3 is 2.79 bits per heavy atom. The van der Waals surface area contributed by atoms with E-state index in [4.69, 9.17) is 0 Å². The van der Waals surface area contributed by atoms with Crippen molar-refractivity contribution in [1.82, 2.24) is 10.4 Å². The number of phenols is 2. The molecule has 0 unspecified atom stereocenters. The summed E-state index contributed by atoms with van der Waals surface area (Å²) in [5, 5.41) is 24.2. The number of hydrogen-bond acceptors (Lipinski definition) is 5. The van der Waals surface area contributed by atoms with Gasteiger partial charge in [0.25, 0.3) is 5.91 Å². The summed E-state index contributed by atoms with van der Waals surface area (Å²) < 4.78 is 0.670. The Morgan fingerprint density at radius 1 is 1.17 bits per heavy atom. The van der Waals surface area contributed by atoms with Crippen LogP contribution < -0.4 is 5.43 Å². The highest BCUT2D eigenvalue weighted by molar-refractivity contribution is 9.10. The highest BCUT2D eigenvalue weighted by Gasteiger charge is 2.10. The maximum Gasteiger partial charge on any atom is 0.275 e. The number of amides is 1. The summed E-state index contributed by atoms with van der Waals surface area (Å²) in [7, 11) is 0. The number of aromatic hydroxyl groups is 2. The summed E-state index contributed by atoms with van der Waals surface area (Å²) in [6.07, 6.45) is 3.04. The third kappa shape index (κ3) is 3.21. The van der Waals surface area contributed by atoms with E-state index < -0.39 is 5.91 Å². The van der Waals surface area contributed by atoms with Crippen LogP contribution in [0.25, 0.3) is 10.9 Å². The van der Waals surface area contributed by atoms with Gasteiger partial charge in [0.2, 0.25) is 0 Å². The fourth-order valence-corrected chi connectivity index (χ4v) is 2.56. The number of carbonyl (C=O) groups is 1. The lowest BCUT2D eigenvalue weighted by molar-refractivity contribution is 0.0952. The number of halogens is 1. The first-order chi connectivity index (χ1) is 11.6. The number of pyridine rings is 1. The summed E-state index contributed by atoms with van der Waals surface area (Å²) in [5.74, 6) is -0.597. The standard InChI is InChI=1S/C17H12BrN3O3/c18-11-4-5-13(15(23)8-11)17(24)21-20-9-10-3-6-14(22)16-12(10)2-1-7-19-16/h1-9,22-23H,(H,21,24)/b20-9+. The van der Waals surface area contributed by atoms with Crippen LogP contribution in [0.5, 0.6) is 11.5 Å². The van der Waals surface area contributed by atoms with Crippen LogP contribution in [0.15, 0.2) is 58.2 Å². The molecule has 0 saturated carbocycles. The lowest BCUT2D eigenvalue weighted by Gasteiger charge is -2.04. The first kappa shape index (κ1) is 15.9. The lowest BCUT2D eigenvalue weighted by atomic mass is 10.1. The molecule has 1 heterocycles. The molecule has 2 aromatic carbocycles. The molecule has 0 aliphatic rings. The van der Waals surface area contributed by atoms with Crippen molar-refractivity contribution in [3.63, 3.8) is 0 Å². The van der Waals surface area contributed by atoms with Gasteiger partial charge in [0.1, 0.15) is 17.0 Å². The van der Waals surface area contributed by atoms with Gasteiger partial charge in [-0.3, -0.25) is 9.78 Å². The van der Waals surface area contributed by atoms with E-state index in [9.17, 15) is 15.0 Å². The Kier molecular flexibility index (Phi) is 4.43. The molecule has 0 atom stereocenters. The summed E-state index contributed by atoms with van der Waals surface area (Å²) in [6.45, 7) is 0. The van der Waals surface area contributed by atoms with Gasteiger partial charge in [0, 0.05) is 21.6 Å². The average molecular weight is 386 g/mol. The molecule has 7 heteroatoms. The van der Waals surface area contributed by atoms with Gasteiger partial charge >= 0.3 is 0 Å². The second kappa shape index (κ2) is 6.67. The minimum atomic E-state index is -0.530. The summed E-state index contributed by atoms with van der Waals surface area (Å²) >= 11 is 3.21. The molecular weight excluding hydrogens is 374 g/mol. The molecule has 0 bridgehead atoms. The minimum absolute atomic E-state index is 0.0755. The Bertz CT molecular complexity index is 957. The smallest absolute Gasteiger partial charge is 0.275 e. The lowest BCUT2D eigenvalue weighted by Crippen LogP contribution is -2.17. The van der Waals surface area contributed by atoms with E-state index in [1.807, 2.05) is 0 Å². The van der Waals surface area contributed by atoms with Gasteiger partial charge < -0.3 is 10.2 Å². The van der Waals surface area contributed by atoms with Crippen molar-refractivity contribution in [3.05, 3.63) is 64.3 Å². The molecule has 0 spiro atoms. The monoisotopic (exact) mass is 385 g/mol. The van der Waals surface area contributed by atoms with Crippen LogP contribution in [0.4, 0.5) is 0 Å². The van der Waals surface area contributed by atoms with Crippen LogP contribution in [0.1, 0.15) is 15.9 Å². The number of nitrogens with zero attached hydrogens (tertiary/aromatic N) is 2. The molecular formula is C17H12BrN3O3. The van der Waals surface area contributed by atoms with E-state index in [2.05, 4.69) is 31.4 Å². The topological polar surface area (TPSA) is 94.8 Å². The zero-order valence-electron chi connectivity index (χ0n) is 12.3. The Morgan fingerprint density at radius 2 is 2.00 bits per heavy atom. The highest BCUT2D eigenvalue weighted by atomic mass is 79.9. The molecule has 6 nitrogen and oxygen atoms in total. The van der Waals surface area contributed by atoms with E-state index in [0.717, 1.165) is 0 Å². The van der Waals surface area contributed by atoms with Gasteiger partial charge in [-0.2, -0.15) is 5.10 Å². The van der Waals surface area contributed by atoms with Crippen molar-refractivity contribution in [1.29, 1.82) is 0 Å². The van der Waals surface area contributed by atoms with Gasteiger partial charge in [-0.1, -0.05) is 22.0 Å². The number of rotatable bonds is 3. The minimum Gasteiger partial charge on any atom is -0.507 e. The first-order valence-electron chi connectivity index (χ1n) is 6.95. The molecule has 3 rings (SSSR count). The maximum absolute atomic E-state index is 12.0. The molecule has 1 aromatic heterocycles. The number of hydrogen-bond donors (Lipinski definition) is 3. The van der Waals surface area contributed by atoms with Crippen molar-refractivity contribution >= 4 is 39.0 Å². The molecule has 0 aliphatic carbocycles. The van der Waals surface area contributed by atoms with Crippen LogP contribution >= 0.6 is 15.9 Å². The van der Waals surface area contributed by atoms with Gasteiger partial charge in [0.15, 0.2) is 0 Å². The molecule has 0 saturated heterocycles. The zero-order valence-corrected chi connectivity index (χ0v) is 13.9. The number of hydrazone groups is 1. The van der Waals surface area contributed by atoms with Crippen molar-refractivity contribution < 1.29 is 15.0 Å². The maximum atomic E-state index is 12.0. The van der Waals surface area contributed by atoms with Crippen molar-refractivity contribution in [2.24, 2.45) is 5.10 Å². The van der Waals surface area contributed by atoms with E-state index in [1.54, 1.807) is 30.5 Å². The second-order valence-electron chi connectivity index (χ2n) is 4.93. The van der Waals surface area contributed by atoms with Crippen LogP contribution in [-0.4, -0.2) is 27.3 Å². The molecule has 1 amide bonds. The third-order valence-corrected chi connectivity index (χ3v) is 3.85. The van der Waals surface area contributed by atoms with Crippen LogP contribution in [0, 0.1) is 0 Å². The van der Waals surface area contributed by atoms with Gasteiger partial charge in [-0.25, -0.2) is 5.43 Å². The number of benzene rings is 2. The molecule has 0 fully saturated rings. The molecule has 120 valence electrons. The van der Waals surface area contributed by atoms with Crippen LogP contribution in [-0.2, 0) is 0 Å². The Hall–Kier alpha value is -2.93. The van der Waals surface area contributed by atoms with Crippen molar-refractivity contribution in [2.45, 2.75) is 0 Å². The fraction of sp³-hybridized carbons (Fsp3) is 0. The molecule has 3 aromatic rings. The van der Waals surface area contributed by atoms with Crippen LogP contribution in [0.2, 0.25) is 0 Å². The summed E-state index contributed by atoms with van der Waals surface area (Å²) in [5.41, 5.74) is 3.63. The molecule has 0 aliphatic heterocycles. The van der Waals surface area contributed by atoms with E-state index in [-0.39, 0.29) is 17.1 Å². The highest BCUT2D eigenvalue weighted by Crippen LogP contribution is 2.24. The Balaban J connectivity index is 1.82. The Labute approximate surface area is 145 Å². The van der Waals surface area contributed by atoms with Crippen molar-refractivity contribution in [3.8, 4) is 11.5 Å². The van der Waals surface area contributed by atoms with E-state index >= 15 is 0 Å². The SMILES string of the molecule is O=C(N/N=C/c1ccc(O)c2ncccc12)c1ccc(Br)cc1O. The zero-order chi connectivity index (χ0) is 17.1. The van der Waals surface area contributed by atoms with Crippen molar-refractivity contribution in [2.75, 3.05) is 0 Å². The largest absolute Gasteiger partial charge is 0.507 e. The number of aromatic nitrogens is 1. The number of nitrogens with one attached hydrogen (secondary N) is 1. The molecule has 3 N–H and O–H groups in total. The molecule has 0 radical (unpaired) electrons.